The van der Waals surface area contributed by atoms with Gasteiger partial charge in [0.15, 0.2) is 11.5 Å². The number of anilines is 1. The molecule has 0 spiro atoms. The predicted octanol–water partition coefficient (Wildman–Crippen LogP) is 6.21. The molecule has 10 nitrogen and oxygen atoms in total. The number of rotatable bonds is 15. The fourth-order valence-corrected chi connectivity index (χ4v) is 7.41. The first-order chi connectivity index (χ1) is 22.6. The number of hydrogen-bond acceptors (Lipinski definition) is 7. The highest BCUT2D eigenvalue weighted by Gasteiger charge is 2.35. The number of benzene rings is 3. The predicted molar refractivity (Wildman–Crippen MR) is 183 cm³/mol. The van der Waals surface area contributed by atoms with Crippen molar-refractivity contribution in [1.82, 2.24) is 10.2 Å². The maximum absolute atomic E-state index is 14.4. The summed E-state index contributed by atoms with van der Waals surface area (Å²) in [6.45, 7) is 3.56. The van der Waals surface area contributed by atoms with Crippen molar-refractivity contribution in [2.75, 3.05) is 31.7 Å². The van der Waals surface area contributed by atoms with Crippen LogP contribution in [0.4, 0.5) is 5.69 Å². The van der Waals surface area contributed by atoms with Crippen molar-refractivity contribution < 1.29 is 32.2 Å². The number of nitrogens with zero attached hydrogens (tertiary/aromatic N) is 2. The smallest absolute Gasteiger partial charge is 0.264 e. The molecule has 2 amide bonds. The van der Waals surface area contributed by atoms with Crippen LogP contribution < -0.4 is 23.8 Å². The third-order valence-corrected chi connectivity index (χ3v) is 10.4. The molecular formula is C35H44ClN3O7S. The lowest BCUT2D eigenvalue weighted by Crippen LogP contribution is -2.54. The molecule has 0 bridgehead atoms. The summed E-state index contributed by atoms with van der Waals surface area (Å²) < 4.78 is 46.0. The van der Waals surface area contributed by atoms with E-state index < -0.39 is 28.5 Å². The second kappa shape index (κ2) is 16.7. The van der Waals surface area contributed by atoms with Crippen LogP contribution in [-0.4, -0.2) is 64.6 Å². The summed E-state index contributed by atoms with van der Waals surface area (Å²) in [5.41, 5.74) is 0.885. The standard InChI is InChI=1S/C35H44ClN3O7S/c1-5-31(35(41)37-26-13-8-7-9-14-26)38(23-25-12-10-11-15-30(25)36)34(40)24-39(27-16-18-28(19-17-27)46-6-2)47(42,43)29-20-21-32(44-3)33(22-29)45-4/h10-12,15-22,26,31H,5-9,13-14,23-24H2,1-4H3,(H,37,41). The van der Waals surface area contributed by atoms with E-state index in [0.717, 1.165) is 36.4 Å². The highest BCUT2D eigenvalue weighted by Crippen LogP contribution is 2.33. The van der Waals surface area contributed by atoms with Gasteiger partial charge in [0.05, 0.1) is 31.4 Å². The Hall–Kier alpha value is -3.96. The average molecular weight is 686 g/mol. The summed E-state index contributed by atoms with van der Waals surface area (Å²) in [5.74, 6) is 0.300. The zero-order valence-corrected chi connectivity index (χ0v) is 29.0. The Morgan fingerprint density at radius 3 is 2.23 bits per heavy atom. The largest absolute Gasteiger partial charge is 0.494 e. The fourth-order valence-electron chi connectivity index (χ4n) is 5.78. The van der Waals surface area contributed by atoms with Gasteiger partial charge in [0.25, 0.3) is 10.0 Å². The molecule has 1 saturated carbocycles. The van der Waals surface area contributed by atoms with Crippen molar-refractivity contribution in [3.63, 3.8) is 0 Å². The summed E-state index contributed by atoms with van der Waals surface area (Å²) in [6.07, 6.45) is 5.30. The van der Waals surface area contributed by atoms with Gasteiger partial charge in [-0.15, -0.1) is 0 Å². The second-order valence-corrected chi connectivity index (χ2v) is 13.6. The molecular weight excluding hydrogens is 642 g/mol. The minimum absolute atomic E-state index is 0.0165. The molecule has 4 rings (SSSR count). The molecule has 1 fully saturated rings. The van der Waals surface area contributed by atoms with Gasteiger partial charge in [0.1, 0.15) is 18.3 Å². The third kappa shape index (κ3) is 8.90. The van der Waals surface area contributed by atoms with Crippen LogP contribution in [0.25, 0.3) is 0 Å². The van der Waals surface area contributed by atoms with Crippen LogP contribution >= 0.6 is 11.6 Å². The number of hydrogen-bond donors (Lipinski definition) is 1. The van der Waals surface area contributed by atoms with Gasteiger partial charge in [-0.25, -0.2) is 8.42 Å². The minimum Gasteiger partial charge on any atom is -0.494 e. The van der Waals surface area contributed by atoms with Gasteiger partial charge in [-0.05, 0) is 74.2 Å². The molecule has 0 saturated heterocycles. The minimum atomic E-state index is -4.34. The number of nitrogens with one attached hydrogen (secondary N) is 1. The van der Waals surface area contributed by atoms with Gasteiger partial charge in [0, 0.05) is 23.7 Å². The maximum atomic E-state index is 14.4. The zero-order chi connectivity index (χ0) is 34.0. The van der Waals surface area contributed by atoms with Crippen molar-refractivity contribution in [3.8, 4) is 17.2 Å². The number of sulfonamides is 1. The van der Waals surface area contributed by atoms with Gasteiger partial charge in [-0.2, -0.15) is 0 Å². The van der Waals surface area contributed by atoms with Gasteiger partial charge >= 0.3 is 0 Å². The van der Waals surface area contributed by atoms with Gasteiger partial charge < -0.3 is 24.4 Å². The Balaban J connectivity index is 1.75. The van der Waals surface area contributed by atoms with E-state index in [0.29, 0.717) is 35.1 Å². The number of carbonyl (C=O) groups excluding carboxylic acids is 2. The molecule has 0 heterocycles. The van der Waals surface area contributed by atoms with E-state index in [-0.39, 0.29) is 34.8 Å². The number of amides is 2. The molecule has 1 aliphatic rings. The van der Waals surface area contributed by atoms with E-state index >= 15 is 0 Å². The van der Waals surface area contributed by atoms with Crippen LogP contribution in [0, 0.1) is 0 Å². The lowest BCUT2D eigenvalue weighted by Gasteiger charge is -2.34. The van der Waals surface area contributed by atoms with Crippen molar-refractivity contribution >= 4 is 39.1 Å². The van der Waals surface area contributed by atoms with Crippen LogP contribution in [-0.2, 0) is 26.2 Å². The molecule has 3 aromatic carbocycles. The molecule has 1 aliphatic carbocycles. The first kappa shape index (κ1) is 35.9. The quantitative estimate of drug-likeness (QED) is 0.202. The van der Waals surface area contributed by atoms with Gasteiger partial charge in [0.2, 0.25) is 11.8 Å². The number of carbonyl (C=O) groups is 2. The summed E-state index contributed by atoms with van der Waals surface area (Å²) in [7, 11) is -1.47. The summed E-state index contributed by atoms with van der Waals surface area (Å²) in [4.78, 5) is 29.5. The highest BCUT2D eigenvalue weighted by molar-refractivity contribution is 7.92. The summed E-state index contributed by atoms with van der Waals surface area (Å²) >= 11 is 6.53. The lowest BCUT2D eigenvalue weighted by atomic mass is 9.95. The Morgan fingerprint density at radius 1 is 0.936 bits per heavy atom. The fraction of sp³-hybridized carbons (Fsp3) is 0.429. The van der Waals surface area contributed by atoms with Crippen molar-refractivity contribution in [3.05, 3.63) is 77.3 Å². The monoisotopic (exact) mass is 685 g/mol. The first-order valence-corrected chi connectivity index (χ1v) is 17.8. The lowest BCUT2D eigenvalue weighted by molar-refractivity contribution is -0.140. The van der Waals surface area contributed by atoms with E-state index in [4.69, 9.17) is 25.8 Å². The summed E-state index contributed by atoms with van der Waals surface area (Å²) in [6, 6.07) is 17.0. The molecule has 0 aliphatic heterocycles. The first-order valence-electron chi connectivity index (χ1n) is 15.9. The highest BCUT2D eigenvalue weighted by atomic mass is 35.5. The van der Waals surface area contributed by atoms with Crippen LogP contribution in [0.2, 0.25) is 5.02 Å². The van der Waals surface area contributed by atoms with Gasteiger partial charge in [-0.3, -0.25) is 13.9 Å². The second-order valence-electron chi connectivity index (χ2n) is 11.3. The number of methoxy groups -OCH3 is 2. The molecule has 1 unspecified atom stereocenters. The Kier molecular flexibility index (Phi) is 12.8. The van der Waals surface area contributed by atoms with Gasteiger partial charge in [-0.1, -0.05) is 56.0 Å². The number of ether oxygens (including phenoxy) is 3. The molecule has 254 valence electrons. The Labute approximate surface area is 283 Å². The molecule has 0 radical (unpaired) electrons. The average Bonchev–Trinajstić information content (AvgIpc) is 3.08. The molecule has 47 heavy (non-hydrogen) atoms. The Bertz CT molecular complexity index is 1610. The van der Waals surface area contributed by atoms with Crippen molar-refractivity contribution in [1.29, 1.82) is 0 Å². The van der Waals surface area contributed by atoms with Crippen LogP contribution in [0.3, 0.4) is 0 Å². The van der Waals surface area contributed by atoms with Crippen molar-refractivity contribution in [2.45, 2.75) is 75.9 Å². The molecule has 1 N–H and O–H groups in total. The normalized spacial score (nSPS) is 14.1. The van der Waals surface area contributed by atoms with E-state index in [1.807, 2.05) is 13.8 Å². The molecule has 12 heteroatoms. The topological polar surface area (TPSA) is 114 Å². The van der Waals surface area contributed by atoms with Crippen LogP contribution in [0.15, 0.2) is 71.6 Å². The SMILES string of the molecule is CCOc1ccc(N(CC(=O)N(Cc2ccccc2Cl)C(CC)C(=O)NC2CCCCC2)S(=O)(=O)c2ccc(OC)c(OC)c2)cc1. The van der Waals surface area contributed by atoms with E-state index in [9.17, 15) is 18.0 Å². The Morgan fingerprint density at radius 2 is 1.62 bits per heavy atom. The molecule has 3 aromatic rings. The summed E-state index contributed by atoms with van der Waals surface area (Å²) in [5, 5.41) is 3.59. The molecule has 0 aromatic heterocycles. The van der Waals surface area contributed by atoms with Crippen LogP contribution in [0.1, 0.15) is 57.9 Å². The van der Waals surface area contributed by atoms with E-state index in [1.54, 1.807) is 48.5 Å². The molecule has 1 atom stereocenters. The zero-order valence-electron chi connectivity index (χ0n) is 27.4. The van der Waals surface area contributed by atoms with Crippen molar-refractivity contribution in [2.24, 2.45) is 0 Å². The van der Waals surface area contributed by atoms with Crippen LogP contribution in [0.5, 0.6) is 17.2 Å². The van der Waals surface area contributed by atoms with E-state index in [2.05, 4.69) is 5.32 Å². The van der Waals surface area contributed by atoms with E-state index in [1.165, 1.54) is 37.3 Å². The maximum Gasteiger partial charge on any atom is 0.264 e. The third-order valence-electron chi connectivity index (χ3n) is 8.29. The number of halogens is 1.